The van der Waals surface area contributed by atoms with Crippen LogP contribution in [0.15, 0.2) is 0 Å². The van der Waals surface area contributed by atoms with Gasteiger partial charge in [0.05, 0.1) is 39.3 Å². The van der Waals surface area contributed by atoms with Gasteiger partial charge in [0.25, 0.3) is 0 Å². The largest absolute Gasteiger partial charge is 0.310 e. The molecule has 0 amide bonds. The molecule has 0 aromatic rings. The molecule has 6 fully saturated rings. The van der Waals surface area contributed by atoms with Gasteiger partial charge in [-0.05, 0) is 11.8 Å². The molecule has 6 aliphatic rings. The quantitative estimate of drug-likeness (QED) is 0.485. The van der Waals surface area contributed by atoms with Gasteiger partial charge in [-0.25, -0.2) is 0 Å². The smallest absolute Gasteiger partial charge is 0.141 e. The monoisotopic (exact) mass is 276 g/mol. The third-order valence-corrected chi connectivity index (χ3v) is 6.30. The van der Waals surface area contributed by atoms with Crippen LogP contribution in [0.25, 0.3) is 0 Å². The highest BCUT2D eigenvalue weighted by molar-refractivity contribution is 5.01. The second-order valence-corrected chi connectivity index (χ2v) is 7.38. The fourth-order valence-electron chi connectivity index (χ4n) is 4.38. The fourth-order valence-corrected chi connectivity index (χ4v) is 4.38. The number of nitrogens with zero attached hydrogens (tertiary/aromatic N) is 4. The average Bonchev–Trinajstić information content (AvgIpc) is 2.55. The normalized spacial score (nSPS) is 46.0. The first kappa shape index (κ1) is 13.1. The van der Waals surface area contributed by atoms with Crippen LogP contribution in [0.5, 0.6) is 0 Å². The molecule has 6 aliphatic heterocycles. The highest BCUT2D eigenvalue weighted by Crippen LogP contribution is 2.20. The minimum Gasteiger partial charge on any atom is -0.310 e. The van der Waals surface area contributed by atoms with Crippen LogP contribution in [-0.4, -0.2) is 110 Å². The standard InChI is InChI=1S/C16H28N4/c1(9-19-11-3-17(4-12-19)5-13-19)2-10-20-14-6-18(7-15-20)8-16-20/h3-16H2/q+2. The second kappa shape index (κ2) is 4.99. The van der Waals surface area contributed by atoms with E-state index in [2.05, 4.69) is 21.6 Å². The maximum absolute atomic E-state index is 3.57. The SMILES string of the molecule is C(#CC[N+]12CCN(CC1)CC2)C[N+]12CCN(CC1)CC2. The first-order valence-electron chi connectivity index (χ1n) is 8.38. The summed E-state index contributed by atoms with van der Waals surface area (Å²) in [5.41, 5.74) is 0. The first-order valence-corrected chi connectivity index (χ1v) is 8.38. The lowest BCUT2D eigenvalue weighted by Crippen LogP contribution is -2.67. The fraction of sp³-hybridized carbons (Fsp3) is 0.875. The zero-order valence-electron chi connectivity index (χ0n) is 12.7. The summed E-state index contributed by atoms with van der Waals surface area (Å²) >= 11 is 0. The predicted molar refractivity (Wildman–Crippen MR) is 80.1 cm³/mol. The van der Waals surface area contributed by atoms with Crippen molar-refractivity contribution in [2.45, 2.75) is 0 Å². The second-order valence-electron chi connectivity index (χ2n) is 7.38. The van der Waals surface area contributed by atoms with Crippen LogP contribution < -0.4 is 0 Å². The predicted octanol–water partition coefficient (Wildman–Crippen LogP) is -0.718. The van der Waals surface area contributed by atoms with Gasteiger partial charge >= 0.3 is 0 Å². The summed E-state index contributed by atoms with van der Waals surface area (Å²) in [6.07, 6.45) is 0. The Labute approximate surface area is 123 Å². The number of fused-ring (bicyclic) bond motifs is 6. The molecule has 0 atom stereocenters. The van der Waals surface area contributed by atoms with Gasteiger partial charge in [0.1, 0.15) is 13.1 Å². The van der Waals surface area contributed by atoms with Gasteiger partial charge in [-0.1, -0.05) is 0 Å². The number of hydrogen-bond acceptors (Lipinski definition) is 2. The average molecular weight is 276 g/mol. The Hall–Kier alpha value is -0.600. The van der Waals surface area contributed by atoms with Crippen LogP contribution in [0.4, 0.5) is 0 Å². The van der Waals surface area contributed by atoms with Crippen LogP contribution in [-0.2, 0) is 0 Å². The summed E-state index contributed by atoms with van der Waals surface area (Å²) in [5, 5.41) is 0. The zero-order chi connectivity index (χ0) is 13.5. The molecule has 4 nitrogen and oxygen atoms in total. The Kier molecular flexibility index (Phi) is 3.27. The van der Waals surface area contributed by atoms with Crippen molar-refractivity contribution < 1.29 is 8.97 Å². The van der Waals surface area contributed by atoms with Crippen molar-refractivity contribution in [1.82, 2.24) is 9.80 Å². The van der Waals surface area contributed by atoms with Crippen molar-refractivity contribution in [3.05, 3.63) is 0 Å². The topological polar surface area (TPSA) is 6.48 Å². The maximum Gasteiger partial charge on any atom is 0.141 e. The molecule has 6 heterocycles. The van der Waals surface area contributed by atoms with Crippen LogP contribution in [0.2, 0.25) is 0 Å². The lowest BCUT2D eigenvalue weighted by atomic mass is 10.1. The molecule has 0 spiro atoms. The molecule has 0 saturated carbocycles. The van der Waals surface area contributed by atoms with Crippen LogP contribution in [0, 0.1) is 11.8 Å². The Morgan fingerprint density at radius 1 is 0.550 bits per heavy atom. The van der Waals surface area contributed by atoms with Gasteiger partial charge in [0, 0.05) is 39.3 Å². The van der Waals surface area contributed by atoms with Crippen molar-refractivity contribution in [2.75, 3.05) is 91.6 Å². The van der Waals surface area contributed by atoms with Crippen molar-refractivity contribution in [3.63, 3.8) is 0 Å². The third kappa shape index (κ3) is 2.37. The number of rotatable bonds is 2. The molecule has 0 N–H and O–H groups in total. The minimum absolute atomic E-state index is 1.11. The minimum atomic E-state index is 1.11. The van der Waals surface area contributed by atoms with E-state index in [9.17, 15) is 0 Å². The summed E-state index contributed by atoms with van der Waals surface area (Å²) < 4.78 is 2.58. The van der Waals surface area contributed by atoms with Gasteiger partial charge in [0.2, 0.25) is 0 Å². The third-order valence-electron chi connectivity index (χ3n) is 6.30. The number of quaternary nitrogens is 2. The maximum atomic E-state index is 3.57. The summed E-state index contributed by atoms with van der Waals surface area (Å²) in [6.45, 7) is 18.1. The molecule has 0 radical (unpaired) electrons. The molecule has 0 unspecified atom stereocenters. The van der Waals surface area contributed by atoms with E-state index in [0.29, 0.717) is 0 Å². The van der Waals surface area contributed by atoms with E-state index in [1.54, 1.807) is 0 Å². The molecule has 0 aromatic carbocycles. The van der Waals surface area contributed by atoms with E-state index in [4.69, 9.17) is 0 Å². The van der Waals surface area contributed by atoms with Gasteiger partial charge < -0.3 is 8.97 Å². The molecule has 20 heavy (non-hydrogen) atoms. The van der Waals surface area contributed by atoms with E-state index in [0.717, 1.165) is 13.1 Å². The van der Waals surface area contributed by atoms with Crippen LogP contribution in [0.3, 0.4) is 0 Å². The van der Waals surface area contributed by atoms with E-state index in [1.165, 1.54) is 87.5 Å². The van der Waals surface area contributed by atoms with Gasteiger partial charge in [-0.3, -0.25) is 9.80 Å². The van der Waals surface area contributed by atoms with Crippen molar-refractivity contribution >= 4 is 0 Å². The van der Waals surface area contributed by atoms with Gasteiger partial charge in [-0.2, -0.15) is 0 Å². The van der Waals surface area contributed by atoms with E-state index < -0.39 is 0 Å². The molecule has 0 aliphatic carbocycles. The highest BCUT2D eigenvalue weighted by atomic mass is 15.5. The lowest BCUT2D eigenvalue weighted by Gasteiger charge is -2.50. The Morgan fingerprint density at radius 3 is 1.15 bits per heavy atom. The Morgan fingerprint density at radius 2 is 0.850 bits per heavy atom. The van der Waals surface area contributed by atoms with Crippen LogP contribution in [0.1, 0.15) is 0 Å². The highest BCUT2D eigenvalue weighted by Gasteiger charge is 2.39. The zero-order valence-corrected chi connectivity index (χ0v) is 12.7. The molecule has 4 heteroatoms. The number of piperazine rings is 6. The number of hydrogen-bond donors (Lipinski definition) is 0. The van der Waals surface area contributed by atoms with Crippen molar-refractivity contribution in [2.24, 2.45) is 0 Å². The van der Waals surface area contributed by atoms with E-state index in [1.807, 2.05) is 0 Å². The van der Waals surface area contributed by atoms with Gasteiger partial charge in [-0.15, -0.1) is 0 Å². The van der Waals surface area contributed by atoms with Crippen LogP contribution >= 0.6 is 0 Å². The molecule has 6 saturated heterocycles. The molecule has 0 aromatic heterocycles. The molecular weight excluding hydrogens is 248 g/mol. The molecular formula is C16H28N4+2. The Balaban J connectivity index is 1.33. The van der Waals surface area contributed by atoms with Crippen molar-refractivity contribution in [1.29, 1.82) is 0 Å². The van der Waals surface area contributed by atoms with E-state index >= 15 is 0 Å². The molecule has 4 bridgehead atoms. The Bertz CT molecular complexity index is 354. The summed E-state index contributed by atoms with van der Waals surface area (Å²) in [7, 11) is 0. The first-order chi connectivity index (χ1) is 9.78. The van der Waals surface area contributed by atoms with E-state index in [-0.39, 0.29) is 0 Å². The lowest BCUT2D eigenvalue weighted by molar-refractivity contribution is -0.936. The molecule has 110 valence electrons. The summed E-state index contributed by atoms with van der Waals surface area (Å²) in [6, 6.07) is 0. The van der Waals surface area contributed by atoms with Gasteiger partial charge in [0.15, 0.2) is 0 Å². The van der Waals surface area contributed by atoms with Crippen molar-refractivity contribution in [3.8, 4) is 11.8 Å². The summed E-state index contributed by atoms with van der Waals surface area (Å²) in [5.74, 6) is 7.14. The molecule has 6 rings (SSSR count). The summed E-state index contributed by atoms with van der Waals surface area (Å²) in [4.78, 5) is 5.22.